The molecule has 164 valence electrons. The van der Waals surface area contributed by atoms with Crippen molar-refractivity contribution in [3.63, 3.8) is 0 Å². The van der Waals surface area contributed by atoms with Crippen LogP contribution in [0.25, 0.3) is 5.69 Å². The maximum absolute atomic E-state index is 11.3. The van der Waals surface area contributed by atoms with Crippen LogP contribution < -0.4 is 5.32 Å². The molecule has 2 aromatic heterocycles. The van der Waals surface area contributed by atoms with E-state index in [1.807, 2.05) is 42.6 Å². The van der Waals surface area contributed by atoms with Crippen molar-refractivity contribution >= 4 is 23.3 Å². The molecule has 4 heterocycles. The summed E-state index contributed by atoms with van der Waals surface area (Å²) in [5.41, 5.74) is 3.12. The van der Waals surface area contributed by atoms with Gasteiger partial charge in [-0.05, 0) is 73.6 Å². The van der Waals surface area contributed by atoms with Crippen LogP contribution in [0.15, 0.2) is 67.0 Å². The molecule has 32 heavy (non-hydrogen) atoms. The number of aromatic nitrogens is 2. The number of carbonyl (C=O) groups is 1. The van der Waals surface area contributed by atoms with Crippen LogP contribution in [0, 0.1) is 0 Å². The lowest BCUT2D eigenvalue weighted by Gasteiger charge is -2.30. The van der Waals surface area contributed by atoms with Crippen LogP contribution in [0.2, 0.25) is 0 Å². The highest BCUT2D eigenvalue weighted by molar-refractivity contribution is 7.80. The van der Waals surface area contributed by atoms with Gasteiger partial charge in [-0.2, -0.15) is 0 Å². The molecule has 7 nitrogen and oxygen atoms in total. The van der Waals surface area contributed by atoms with E-state index in [2.05, 4.69) is 25.8 Å². The van der Waals surface area contributed by atoms with Crippen molar-refractivity contribution in [1.29, 1.82) is 0 Å². The van der Waals surface area contributed by atoms with Crippen LogP contribution in [-0.2, 0) is 4.74 Å². The molecule has 0 spiro atoms. The first kappa shape index (κ1) is 20.7. The van der Waals surface area contributed by atoms with E-state index < -0.39 is 5.97 Å². The van der Waals surface area contributed by atoms with Gasteiger partial charge in [-0.25, -0.2) is 4.79 Å². The van der Waals surface area contributed by atoms with Gasteiger partial charge in [-0.15, -0.1) is 0 Å². The molecule has 0 bridgehead atoms. The van der Waals surface area contributed by atoms with E-state index in [-0.39, 0.29) is 23.8 Å². The van der Waals surface area contributed by atoms with Crippen molar-refractivity contribution in [2.75, 3.05) is 13.2 Å². The number of rotatable bonds is 6. The lowest BCUT2D eigenvalue weighted by atomic mass is 10.0. The molecular weight excluding hydrogens is 424 g/mol. The zero-order valence-corrected chi connectivity index (χ0v) is 18.2. The molecule has 5 rings (SSSR count). The number of carboxylic acids is 1. The third-order valence-corrected chi connectivity index (χ3v) is 6.45. The number of nitrogens with zero attached hydrogens (tertiary/aromatic N) is 3. The second-order valence-corrected chi connectivity index (χ2v) is 8.46. The summed E-state index contributed by atoms with van der Waals surface area (Å²) in [6.45, 7) is 1.50. The highest BCUT2D eigenvalue weighted by Gasteiger charge is 2.42. The number of thiocarbonyl (C=S) groups is 1. The summed E-state index contributed by atoms with van der Waals surface area (Å²) in [5, 5.41) is 13.4. The van der Waals surface area contributed by atoms with E-state index in [9.17, 15) is 9.90 Å². The fourth-order valence-electron chi connectivity index (χ4n) is 4.57. The Bertz CT molecular complexity index is 1110. The summed E-state index contributed by atoms with van der Waals surface area (Å²) in [4.78, 5) is 18.1. The summed E-state index contributed by atoms with van der Waals surface area (Å²) >= 11 is 5.77. The Labute approximate surface area is 191 Å². The summed E-state index contributed by atoms with van der Waals surface area (Å²) in [6.07, 6.45) is 6.03. The second kappa shape index (κ2) is 8.72. The third-order valence-electron chi connectivity index (χ3n) is 6.10. The Morgan fingerprint density at radius 1 is 1.19 bits per heavy atom. The molecule has 0 aliphatic carbocycles. The molecule has 8 heteroatoms. The second-order valence-electron chi connectivity index (χ2n) is 8.07. The Morgan fingerprint density at radius 2 is 2.03 bits per heavy atom. The summed E-state index contributed by atoms with van der Waals surface area (Å²) in [5.74, 6) is -0.937. The SMILES string of the molecule is O=C(O)c1ccc(-n2cccc2C2C(c3ccccn3)NC(=S)N2CC2CCCO2)cc1. The van der Waals surface area contributed by atoms with Gasteiger partial charge in [-0.3, -0.25) is 4.98 Å². The number of carboxylic acid groups (broad SMARTS) is 1. The summed E-state index contributed by atoms with van der Waals surface area (Å²) in [7, 11) is 0. The van der Waals surface area contributed by atoms with E-state index in [4.69, 9.17) is 17.0 Å². The molecule has 0 radical (unpaired) electrons. The predicted octanol–water partition coefficient (Wildman–Crippen LogP) is 3.72. The molecule has 2 fully saturated rings. The fraction of sp³-hybridized carbons (Fsp3) is 0.292. The van der Waals surface area contributed by atoms with Gasteiger partial charge in [-0.1, -0.05) is 6.07 Å². The van der Waals surface area contributed by atoms with Gasteiger partial charge in [0.25, 0.3) is 0 Å². The molecule has 2 saturated heterocycles. The molecule has 3 aromatic rings. The normalized spacial score (nSPS) is 22.8. The molecule has 2 aliphatic heterocycles. The van der Waals surface area contributed by atoms with Crippen molar-refractivity contribution < 1.29 is 14.6 Å². The standard InChI is InChI=1S/C24H24N4O3S/c29-23(30)16-8-10-17(11-9-16)27-13-3-7-20(27)22-21(19-6-1-2-12-25-19)26-24(32)28(22)15-18-5-4-14-31-18/h1-3,6-13,18,21-22H,4-5,14-15H2,(H,26,32)(H,29,30). The minimum atomic E-state index is -0.937. The van der Waals surface area contributed by atoms with E-state index in [1.165, 1.54) is 0 Å². The van der Waals surface area contributed by atoms with Crippen molar-refractivity contribution in [2.24, 2.45) is 0 Å². The molecule has 2 N–H and O–H groups in total. The van der Waals surface area contributed by atoms with Crippen LogP contribution in [0.4, 0.5) is 0 Å². The maximum Gasteiger partial charge on any atom is 0.335 e. The van der Waals surface area contributed by atoms with Gasteiger partial charge >= 0.3 is 5.97 Å². The first-order valence-electron chi connectivity index (χ1n) is 10.7. The van der Waals surface area contributed by atoms with Crippen LogP contribution in [0.5, 0.6) is 0 Å². The minimum absolute atomic E-state index is 0.0873. The lowest BCUT2D eigenvalue weighted by Crippen LogP contribution is -2.36. The Balaban J connectivity index is 1.55. The van der Waals surface area contributed by atoms with Gasteiger partial charge in [0.15, 0.2) is 5.11 Å². The lowest BCUT2D eigenvalue weighted by molar-refractivity contribution is 0.0697. The summed E-state index contributed by atoms with van der Waals surface area (Å²) < 4.78 is 8.00. The third kappa shape index (κ3) is 3.87. The number of hydrogen-bond acceptors (Lipinski definition) is 4. The van der Waals surface area contributed by atoms with Gasteiger partial charge in [0.2, 0.25) is 0 Å². The van der Waals surface area contributed by atoms with Gasteiger partial charge in [0, 0.05) is 36.9 Å². The zero-order valence-electron chi connectivity index (χ0n) is 17.4. The average Bonchev–Trinajstić information content (AvgIpc) is 3.56. The van der Waals surface area contributed by atoms with Crippen LogP contribution in [0.1, 0.15) is 46.7 Å². The molecular formula is C24H24N4O3S. The predicted molar refractivity (Wildman–Crippen MR) is 124 cm³/mol. The van der Waals surface area contributed by atoms with Crippen molar-refractivity contribution in [3.8, 4) is 5.69 Å². The average molecular weight is 449 g/mol. The van der Waals surface area contributed by atoms with E-state index in [1.54, 1.807) is 18.3 Å². The van der Waals surface area contributed by atoms with Crippen LogP contribution in [0.3, 0.4) is 0 Å². The monoisotopic (exact) mass is 448 g/mol. The number of aromatic carboxylic acids is 1. The quantitative estimate of drug-likeness (QED) is 0.557. The maximum atomic E-state index is 11.3. The molecule has 1 aromatic carbocycles. The van der Waals surface area contributed by atoms with Gasteiger partial charge < -0.3 is 24.6 Å². The smallest absolute Gasteiger partial charge is 0.335 e. The first-order chi connectivity index (χ1) is 15.6. The zero-order chi connectivity index (χ0) is 22.1. The number of nitrogens with one attached hydrogen (secondary N) is 1. The Hall–Kier alpha value is -3.23. The highest BCUT2D eigenvalue weighted by atomic mass is 32.1. The van der Waals surface area contributed by atoms with Crippen molar-refractivity contribution in [3.05, 3.63) is 83.9 Å². The van der Waals surface area contributed by atoms with Crippen LogP contribution >= 0.6 is 12.2 Å². The first-order valence-corrected chi connectivity index (χ1v) is 11.1. The fourth-order valence-corrected chi connectivity index (χ4v) is 4.88. The topological polar surface area (TPSA) is 79.6 Å². The summed E-state index contributed by atoms with van der Waals surface area (Å²) in [6, 6.07) is 16.7. The van der Waals surface area contributed by atoms with Gasteiger partial charge in [0.05, 0.1) is 29.4 Å². The number of hydrogen-bond donors (Lipinski definition) is 2. The molecule has 2 aliphatic rings. The molecule has 0 saturated carbocycles. The number of ether oxygens (including phenoxy) is 1. The molecule has 3 unspecified atom stereocenters. The molecule has 3 atom stereocenters. The largest absolute Gasteiger partial charge is 0.478 e. The molecule has 0 amide bonds. The number of pyridine rings is 1. The Kier molecular flexibility index (Phi) is 5.63. The Morgan fingerprint density at radius 3 is 2.72 bits per heavy atom. The van der Waals surface area contributed by atoms with Crippen LogP contribution in [-0.4, -0.2) is 49.9 Å². The minimum Gasteiger partial charge on any atom is -0.478 e. The van der Waals surface area contributed by atoms with E-state index in [0.717, 1.165) is 36.5 Å². The highest BCUT2D eigenvalue weighted by Crippen LogP contribution is 2.40. The van der Waals surface area contributed by atoms with E-state index >= 15 is 0 Å². The van der Waals surface area contributed by atoms with Crippen molar-refractivity contribution in [1.82, 2.24) is 19.8 Å². The number of benzene rings is 1. The van der Waals surface area contributed by atoms with Gasteiger partial charge in [0.1, 0.15) is 0 Å². The van der Waals surface area contributed by atoms with Crippen molar-refractivity contribution in [2.45, 2.75) is 31.0 Å². The van der Waals surface area contributed by atoms with E-state index in [0.29, 0.717) is 11.7 Å².